The van der Waals surface area contributed by atoms with Crippen LogP contribution in [0, 0.1) is 0 Å². The van der Waals surface area contributed by atoms with E-state index in [-0.39, 0.29) is 38.6 Å². The Kier molecular flexibility index (Phi) is 29.4. The number of rotatable bonds is 32. The first-order valence-corrected chi connectivity index (χ1v) is 15.8. The van der Waals surface area contributed by atoms with Gasteiger partial charge in [0.1, 0.15) is 13.2 Å². The molecule has 0 radical (unpaired) electrons. The van der Waals surface area contributed by atoms with Crippen LogP contribution >= 0.6 is 0 Å². The van der Waals surface area contributed by atoms with Crippen LogP contribution in [0.5, 0.6) is 0 Å². The number of carbonyl (C=O) groups excluding carboxylic acids is 3. The van der Waals surface area contributed by atoms with Gasteiger partial charge in [-0.2, -0.15) is 0 Å². The highest BCUT2D eigenvalue weighted by Crippen LogP contribution is 2.13. The van der Waals surface area contributed by atoms with Gasteiger partial charge in [0, 0.05) is 12.8 Å². The van der Waals surface area contributed by atoms with Crippen molar-refractivity contribution in [2.75, 3.05) is 52.9 Å². The molecule has 0 unspecified atom stereocenters. The first kappa shape index (κ1) is 39.0. The van der Waals surface area contributed by atoms with Crippen LogP contribution in [0.25, 0.3) is 0 Å². The number of ether oxygens (including phenoxy) is 5. The zero-order valence-electron chi connectivity index (χ0n) is 25.5. The average molecular weight is 589 g/mol. The molecule has 0 rings (SSSR count). The summed E-state index contributed by atoms with van der Waals surface area (Å²) in [6, 6.07) is 0. The number of hydrogen-bond donors (Lipinski definition) is 1. The number of unbranched alkanes of at least 4 members (excludes halogenated alkanes) is 14. The van der Waals surface area contributed by atoms with E-state index in [1.54, 1.807) is 0 Å². The van der Waals surface area contributed by atoms with Crippen LogP contribution in [0.15, 0.2) is 0 Å². The van der Waals surface area contributed by atoms with Crippen LogP contribution in [0.3, 0.4) is 0 Å². The molecule has 0 amide bonds. The van der Waals surface area contributed by atoms with Gasteiger partial charge in [-0.1, -0.05) is 96.8 Å². The summed E-state index contributed by atoms with van der Waals surface area (Å²) in [5, 5.41) is 8.43. The molecule has 10 nitrogen and oxygen atoms in total. The summed E-state index contributed by atoms with van der Waals surface area (Å²) in [6.45, 7) is 4.43. The number of Topliss-reactive ketones (excluding diaryl/α,β-unsaturated/α-hetero) is 1. The van der Waals surface area contributed by atoms with Crippen LogP contribution in [-0.4, -0.2) is 81.7 Å². The molecule has 1 N–H and O–H groups in total. The molecule has 0 bridgehead atoms. The van der Waals surface area contributed by atoms with E-state index >= 15 is 0 Å². The molecule has 10 heteroatoms. The van der Waals surface area contributed by atoms with Gasteiger partial charge in [-0.25, -0.2) is 4.79 Å². The van der Waals surface area contributed by atoms with Crippen molar-refractivity contribution >= 4 is 23.7 Å². The summed E-state index contributed by atoms with van der Waals surface area (Å²) < 4.78 is 26.0. The van der Waals surface area contributed by atoms with Crippen molar-refractivity contribution in [2.45, 2.75) is 122 Å². The van der Waals surface area contributed by atoms with Gasteiger partial charge >= 0.3 is 17.9 Å². The molecule has 240 valence electrons. The fraction of sp³-hybridized carbons (Fsp3) is 0.871. The Labute approximate surface area is 247 Å². The molecule has 0 aliphatic carbocycles. The molecule has 0 saturated heterocycles. The van der Waals surface area contributed by atoms with Gasteiger partial charge in [-0.05, 0) is 6.42 Å². The number of esters is 2. The van der Waals surface area contributed by atoms with E-state index in [0.29, 0.717) is 39.5 Å². The third kappa shape index (κ3) is 30.7. The fourth-order valence-electron chi connectivity index (χ4n) is 4.08. The Hall–Kier alpha value is -2.04. The number of carboxylic acids is 1. The van der Waals surface area contributed by atoms with Gasteiger partial charge in [-0.3, -0.25) is 14.4 Å². The second-order valence-corrected chi connectivity index (χ2v) is 10.2. The number of aliphatic carboxylic acids is 1. The van der Waals surface area contributed by atoms with Crippen molar-refractivity contribution in [2.24, 2.45) is 0 Å². The van der Waals surface area contributed by atoms with Crippen LogP contribution in [-0.2, 0) is 42.9 Å². The molecule has 0 aromatic rings. The maximum Gasteiger partial charge on any atom is 0.372 e. The summed E-state index contributed by atoms with van der Waals surface area (Å²) in [5.74, 6) is -3.40. The zero-order chi connectivity index (χ0) is 30.2. The lowest BCUT2D eigenvalue weighted by Crippen LogP contribution is -2.17. The van der Waals surface area contributed by atoms with E-state index in [9.17, 15) is 19.2 Å². The average Bonchev–Trinajstić information content (AvgIpc) is 2.96. The maximum absolute atomic E-state index is 11.8. The summed E-state index contributed by atoms with van der Waals surface area (Å²) in [5.41, 5.74) is 0. The molecule has 0 aliphatic heterocycles. The lowest BCUT2D eigenvalue weighted by molar-refractivity contribution is -0.151. The van der Waals surface area contributed by atoms with Crippen molar-refractivity contribution in [3.63, 3.8) is 0 Å². The molecular formula is C31H56O10. The third-order valence-corrected chi connectivity index (χ3v) is 6.50. The van der Waals surface area contributed by atoms with Crippen molar-refractivity contribution in [3.8, 4) is 0 Å². The van der Waals surface area contributed by atoms with Crippen LogP contribution in [0.1, 0.15) is 122 Å². The predicted octanol–water partition coefficient (Wildman–Crippen LogP) is 5.82. The lowest BCUT2D eigenvalue weighted by atomic mass is 10.0. The van der Waals surface area contributed by atoms with Gasteiger partial charge in [0.25, 0.3) is 0 Å². The second kappa shape index (κ2) is 30.9. The van der Waals surface area contributed by atoms with E-state index in [0.717, 1.165) is 12.8 Å². The Balaban J connectivity index is 3.25. The number of ketones is 1. The lowest BCUT2D eigenvalue weighted by Gasteiger charge is -2.08. The summed E-state index contributed by atoms with van der Waals surface area (Å²) in [4.78, 5) is 44.4. The Morgan fingerprint density at radius 1 is 0.439 bits per heavy atom. The number of carbonyl (C=O) groups is 4. The van der Waals surface area contributed by atoms with Crippen LogP contribution in [0.4, 0.5) is 0 Å². The first-order chi connectivity index (χ1) is 20.0. The van der Waals surface area contributed by atoms with E-state index < -0.39 is 17.7 Å². The maximum atomic E-state index is 11.8. The third-order valence-electron chi connectivity index (χ3n) is 6.50. The molecule has 0 atom stereocenters. The van der Waals surface area contributed by atoms with Gasteiger partial charge in [0.2, 0.25) is 5.78 Å². The highest BCUT2D eigenvalue weighted by molar-refractivity contribution is 6.32. The van der Waals surface area contributed by atoms with Gasteiger partial charge in [0.05, 0.1) is 46.1 Å². The summed E-state index contributed by atoms with van der Waals surface area (Å²) in [6.07, 6.45) is 19.3. The molecular weight excluding hydrogens is 532 g/mol. The molecule has 0 aromatic heterocycles. The second-order valence-electron chi connectivity index (χ2n) is 10.2. The minimum Gasteiger partial charge on any atom is -0.476 e. The molecule has 0 spiro atoms. The molecule has 0 aliphatic rings. The molecule has 0 heterocycles. The van der Waals surface area contributed by atoms with Gasteiger partial charge in [-0.15, -0.1) is 0 Å². The van der Waals surface area contributed by atoms with Crippen LogP contribution in [0.2, 0.25) is 0 Å². The highest BCUT2D eigenvalue weighted by Gasteiger charge is 2.14. The molecule has 0 saturated carbocycles. The first-order valence-electron chi connectivity index (χ1n) is 15.8. The topological polar surface area (TPSA) is 135 Å². The van der Waals surface area contributed by atoms with Crippen molar-refractivity contribution in [1.82, 2.24) is 0 Å². The smallest absolute Gasteiger partial charge is 0.372 e. The highest BCUT2D eigenvalue weighted by atomic mass is 16.6. The Morgan fingerprint density at radius 3 is 1.17 bits per heavy atom. The van der Waals surface area contributed by atoms with Crippen molar-refractivity contribution in [1.29, 1.82) is 0 Å². The Morgan fingerprint density at radius 2 is 0.780 bits per heavy atom. The van der Waals surface area contributed by atoms with Crippen LogP contribution < -0.4 is 0 Å². The van der Waals surface area contributed by atoms with E-state index in [1.807, 2.05) is 0 Å². The number of carboxylic acid groups (broad SMARTS) is 1. The van der Waals surface area contributed by atoms with Crippen molar-refractivity contribution < 1.29 is 48.0 Å². The largest absolute Gasteiger partial charge is 0.476 e. The molecule has 0 aromatic carbocycles. The molecule has 0 fully saturated rings. The van der Waals surface area contributed by atoms with E-state index in [1.165, 1.54) is 83.5 Å². The quantitative estimate of drug-likeness (QED) is 0.0582. The summed E-state index contributed by atoms with van der Waals surface area (Å²) >= 11 is 0. The normalized spacial score (nSPS) is 11.0. The van der Waals surface area contributed by atoms with E-state index in [2.05, 4.69) is 6.92 Å². The predicted molar refractivity (Wildman–Crippen MR) is 156 cm³/mol. The SMILES string of the molecule is CCCCCCCCCCCCCCCCCC(=O)OCCOCCOCCOCCOC(=O)CCC(=O)C(=O)O. The summed E-state index contributed by atoms with van der Waals surface area (Å²) in [7, 11) is 0. The standard InChI is InChI=1S/C31H56O10/c1-2-3-4-5-6-7-8-9-10-11-12-13-14-15-16-17-29(33)40-26-24-38-22-20-37-21-23-39-25-27-41-30(34)19-18-28(32)31(35)36/h2-27H2,1H3,(H,35,36). The minimum absolute atomic E-state index is 0.0152. The molecule has 41 heavy (non-hydrogen) atoms. The Bertz CT molecular complexity index is 653. The minimum atomic E-state index is -1.56. The number of hydrogen-bond acceptors (Lipinski definition) is 9. The zero-order valence-corrected chi connectivity index (χ0v) is 25.5. The fourth-order valence-corrected chi connectivity index (χ4v) is 4.08. The van der Waals surface area contributed by atoms with Crippen molar-refractivity contribution in [3.05, 3.63) is 0 Å². The monoisotopic (exact) mass is 588 g/mol. The van der Waals surface area contributed by atoms with E-state index in [4.69, 9.17) is 28.8 Å². The van der Waals surface area contributed by atoms with Gasteiger partial charge < -0.3 is 28.8 Å². The van der Waals surface area contributed by atoms with Gasteiger partial charge in [0.15, 0.2) is 0 Å².